The lowest BCUT2D eigenvalue weighted by atomic mass is 10.1. The van der Waals surface area contributed by atoms with Crippen molar-refractivity contribution in [2.45, 2.75) is 32.8 Å². The molecule has 0 aliphatic carbocycles. The van der Waals surface area contributed by atoms with E-state index in [0.29, 0.717) is 0 Å². The average Bonchev–Trinajstić information content (AvgIpc) is 2.18. The minimum Gasteiger partial charge on any atom is -0.491 e. The van der Waals surface area contributed by atoms with Crippen LogP contribution in [0.15, 0.2) is 12.3 Å². The normalized spacial score (nSPS) is 14.8. The van der Waals surface area contributed by atoms with Crippen LogP contribution in [-0.4, -0.2) is 17.6 Å². The van der Waals surface area contributed by atoms with Gasteiger partial charge in [-0.05, 0) is 32.8 Å². The second kappa shape index (κ2) is 3.86. The van der Waals surface area contributed by atoms with Gasteiger partial charge in [-0.1, -0.05) is 0 Å². The van der Waals surface area contributed by atoms with Gasteiger partial charge in [-0.2, -0.15) is 0 Å². The number of fused-ring (bicyclic) bond motifs is 1. The number of rotatable bonds is 2. The number of nitrogens with one attached hydrogen (secondary N) is 1. The molecule has 1 N–H and O–H groups in total. The monoisotopic (exact) mass is 192 g/mol. The van der Waals surface area contributed by atoms with E-state index in [2.05, 4.69) is 10.3 Å². The van der Waals surface area contributed by atoms with Crippen molar-refractivity contribution >= 4 is 5.82 Å². The zero-order valence-electron chi connectivity index (χ0n) is 8.71. The summed E-state index contributed by atoms with van der Waals surface area (Å²) in [7, 11) is 0. The molecular formula is C11H16N2O. The van der Waals surface area contributed by atoms with Crippen LogP contribution in [0.25, 0.3) is 0 Å². The number of ether oxygens (including phenoxy) is 1. The van der Waals surface area contributed by atoms with Gasteiger partial charge in [0.15, 0.2) is 0 Å². The minimum absolute atomic E-state index is 0.225. The van der Waals surface area contributed by atoms with Crippen molar-refractivity contribution in [3.8, 4) is 5.75 Å². The molecule has 1 aromatic rings. The summed E-state index contributed by atoms with van der Waals surface area (Å²) >= 11 is 0. The molecule has 3 heteroatoms. The summed E-state index contributed by atoms with van der Waals surface area (Å²) in [6.45, 7) is 5.11. The Balaban J connectivity index is 2.30. The van der Waals surface area contributed by atoms with E-state index in [1.165, 1.54) is 5.56 Å². The number of hydrogen-bond donors (Lipinski definition) is 1. The fourth-order valence-corrected chi connectivity index (χ4v) is 1.70. The molecule has 14 heavy (non-hydrogen) atoms. The molecule has 0 aromatic carbocycles. The van der Waals surface area contributed by atoms with Gasteiger partial charge in [-0.25, -0.2) is 4.98 Å². The quantitative estimate of drug-likeness (QED) is 0.780. The third-order valence-electron chi connectivity index (χ3n) is 2.27. The lowest BCUT2D eigenvalue weighted by molar-refractivity contribution is 0.239. The highest BCUT2D eigenvalue weighted by molar-refractivity contribution is 5.53. The first-order valence-electron chi connectivity index (χ1n) is 5.16. The Hall–Kier alpha value is -1.25. The first-order valence-corrected chi connectivity index (χ1v) is 5.16. The van der Waals surface area contributed by atoms with E-state index in [4.69, 9.17) is 4.74 Å². The Morgan fingerprint density at radius 2 is 2.36 bits per heavy atom. The van der Waals surface area contributed by atoms with Crippen LogP contribution in [0.5, 0.6) is 5.75 Å². The molecule has 1 aliphatic rings. The number of pyridine rings is 1. The largest absolute Gasteiger partial charge is 0.491 e. The summed E-state index contributed by atoms with van der Waals surface area (Å²) < 4.78 is 5.73. The summed E-state index contributed by atoms with van der Waals surface area (Å²) in [4.78, 5) is 4.30. The zero-order chi connectivity index (χ0) is 9.97. The topological polar surface area (TPSA) is 34.1 Å². The maximum atomic E-state index is 5.73. The molecule has 2 rings (SSSR count). The van der Waals surface area contributed by atoms with E-state index in [-0.39, 0.29) is 6.10 Å². The van der Waals surface area contributed by atoms with Gasteiger partial charge in [-0.3, -0.25) is 0 Å². The van der Waals surface area contributed by atoms with Gasteiger partial charge in [0.1, 0.15) is 11.6 Å². The van der Waals surface area contributed by atoms with E-state index in [1.54, 1.807) is 6.20 Å². The number of hydrogen-bond acceptors (Lipinski definition) is 3. The van der Waals surface area contributed by atoms with Crippen LogP contribution in [0.4, 0.5) is 5.82 Å². The third kappa shape index (κ3) is 1.81. The standard InChI is InChI=1S/C11H16N2O/c1-8(2)14-10-5-7-13-11-9(10)4-3-6-12-11/h5,7-8H,3-4,6H2,1-2H3,(H,12,13). The van der Waals surface area contributed by atoms with Crippen LogP contribution >= 0.6 is 0 Å². The smallest absolute Gasteiger partial charge is 0.132 e. The highest BCUT2D eigenvalue weighted by Crippen LogP contribution is 2.29. The minimum atomic E-state index is 0.225. The highest BCUT2D eigenvalue weighted by Gasteiger charge is 2.14. The van der Waals surface area contributed by atoms with Crippen molar-refractivity contribution in [3.63, 3.8) is 0 Å². The second-order valence-corrected chi connectivity index (χ2v) is 3.83. The Kier molecular flexibility index (Phi) is 2.57. The fourth-order valence-electron chi connectivity index (χ4n) is 1.70. The molecule has 0 saturated heterocycles. The van der Waals surface area contributed by atoms with Crippen LogP contribution < -0.4 is 10.1 Å². The molecule has 0 amide bonds. The van der Waals surface area contributed by atoms with Crippen molar-refractivity contribution in [2.75, 3.05) is 11.9 Å². The van der Waals surface area contributed by atoms with Crippen molar-refractivity contribution < 1.29 is 4.74 Å². The van der Waals surface area contributed by atoms with Crippen LogP contribution in [0.2, 0.25) is 0 Å². The van der Waals surface area contributed by atoms with E-state index < -0.39 is 0 Å². The molecule has 0 unspecified atom stereocenters. The molecule has 3 nitrogen and oxygen atoms in total. The first kappa shape index (κ1) is 9.31. The molecule has 0 atom stereocenters. The van der Waals surface area contributed by atoms with Gasteiger partial charge in [0, 0.05) is 18.3 Å². The van der Waals surface area contributed by atoms with Crippen LogP contribution in [0.1, 0.15) is 25.8 Å². The fraction of sp³-hybridized carbons (Fsp3) is 0.545. The van der Waals surface area contributed by atoms with Crippen LogP contribution in [-0.2, 0) is 6.42 Å². The van der Waals surface area contributed by atoms with Gasteiger partial charge in [-0.15, -0.1) is 0 Å². The molecule has 1 aliphatic heterocycles. The molecule has 0 bridgehead atoms. The maximum Gasteiger partial charge on any atom is 0.132 e. The SMILES string of the molecule is CC(C)Oc1ccnc2c1CCCN2. The van der Waals surface area contributed by atoms with E-state index in [0.717, 1.165) is 31.0 Å². The van der Waals surface area contributed by atoms with E-state index >= 15 is 0 Å². The van der Waals surface area contributed by atoms with Crippen LogP contribution in [0, 0.1) is 0 Å². The Bertz CT molecular complexity index is 323. The first-order chi connectivity index (χ1) is 6.77. The van der Waals surface area contributed by atoms with E-state index in [1.807, 2.05) is 19.9 Å². The molecule has 76 valence electrons. The predicted octanol–water partition coefficient (Wildman–Crippen LogP) is 2.23. The second-order valence-electron chi connectivity index (χ2n) is 3.83. The van der Waals surface area contributed by atoms with Crippen molar-refractivity contribution in [1.29, 1.82) is 0 Å². The van der Waals surface area contributed by atoms with Crippen molar-refractivity contribution in [3.05, 3.63) is 17.8 Å². The third-order valence-corrected chi connectivity index (χ3v) is 2.27. The molecule has 0 radical (unpaired) electrons. The maximum absolute atomic E-state index is 5.73. The van der Waals surface area contributed by atoms with E-state index in [9.17, 15) is 0 Å². The number of anilines is 1. The van der Waals surface area contributed by atoms with Gasteiger partial charge in [0.25, 0.3) is 0 Å². The molecule has 1 aromatic heterocycles. The van der Waals surface area contributed by atoms with Crippen molar-refractivity contribution in [1.82, 2.24) is 4.98 Å². The molecule has 0 fully saturated rings. The number of aromatic nitrogens is 1. The van der Waals surface area contributed by atoms with Gasteiger partial charge < -0.3 is 10.1 Å². The summed E-state index contributed by atoms with van der Waals surface area (Å²) in [5.41, 5.74) is 1.23. The highest BCUT2D eigenvalue weighted by atomic mass is 16.5. The molecule has 0 spiro atoms. The summed E-state index contributed by atoms with van der Waals surface area (Å²) in [6, 6.07) is 1.95. The molecular weight excluding hydrogens is 176 g/mol. The zero-order valence-corrected chi connectivity index (χ0v) is 8.71. The molecule has 0 saturated carbocycles. The lowest BCUT2D eigenvalue weighted by Crippen LogP contribution is -2.16. The van der Waals surface area contributed by atoms with Gasteiger partial charge in [0.2, 0.25) is 0 Å². The summed E-state index contributed by atoms with van der Waals surface area (Å²) in [6.07, 6.45) is 4.25. The number of nitrogens with zero attached hydrogens (tertiary/aromatic N) is 1. The Morgan fingerprint density at radius 3 is 3.14 bits per heavy atom. The summed E-state index contributed by atoms with van der Waals surface area (Å²) in [5, 5.41) is 3.29. The predicted molar refractivity (Wildman–Crippen MR) is 56.8 cm³/mol. The lowest BCUT2D eigenvalue weighted by Gasteiger charge is -2.20. The Labute approximate surface area is 84.5 Å². The van der Waals surface area contributed by atoms with Crippen LogP contribution in [0.3, 0.4) is 0 Å². The Morgan fingerprint density at radius 1 is 1.50 bits per heavy atom. The summed E-state index contributed by atoms with van der Waals surface area (Å²) in [5.74, 6) is 1.98. The molecule has 2 heterocycles. The van der Waals surface area contributed by atoms with Crippen molar-refractivity contribution in [2.24, 2.45) is 0 Å². The van der Waals surface area contributed by atoms with Gasteiger partial charge >= 0.3 is 0 Å². The van der Waals surface area contributed by atoms with Gasteiger partial charge in [0.05, 0.1) is 6.10 Å². The average molecular weight is 192 g/mol.